The van der Waals surface area contributed by atoms with E-state index in [2.05, 4.69) is 29.1 Å². The molecular weight excluding hydrogens is 466 g/mol. The molecule has 192 valence electrons. The first-order valence-electron chi connectivity index (χ1n) is 11.3. The van der Waals surface area contributed by atoms with Crippen LogP contribution in [0.3, 0.4) is 0 Å². The number of phenols is 2. The van der Waals surface area contributed by atoms with E-state index in [1.54, 1.807) is 36.4 Å². The van der Waals surface area contributed by atoms with Gasteiger partial charge in [-0.25, -0.2) is 9.59 Å². The van der Waals surface area contributed by atoms with Crippen molar-refractivity contribution in [3.8, 4) is 22.6 Å². The van der Waals surface area contributed by atoms with Gasteiger partial charge in [0.25, 0.3) is 0 Å². The number of hydrogen-bond acceptors (Lipinski definition) is 5. The lowest BCUT2D eigenvalue weighted by molar-refractivity contribution is -0.118. The first-order chi connectivity index (χ1) is 17.2. The molecule has 0 bridgehead atoms. The minimum Gasteiger partial charge on any atom is -0.508 e. The fourth-order valence-electron chi connectivity index (χ4n) is 3.67. The van der Waals surface area contributed by atoms with Crippen molar-refractivity contribution >= 4 is 23.8 Å². The Bertz CT molecular complexity index is 1130. The summed E-state index contributed by atoms with van der Waals surface area (Å²) in [7, 11) is 0. The summed E-state index contributed by atoms with van der Waals surface area (Å²) in [4.78, 5) is 34.7. The number of benzene rings is 2. The molecule has 0 aliphatic carbocycles. The van der Waals surface area contributed by atoms with Crippen LogP contribution in [0.1, 0.15) is 30.4 Å². The average molecular weight is 498 g/mol. The average Bonchev–Trinajstić information content (AvgIpc) is 2.81. The van der Waals surface area contributed by atoms with Gasteiger partial charge in [0.2, 0.25) is 5.91 Å². The lowest BCUT2D eigenvalue weighted by Crippen LogP contribution is -2.43. The van der Waals surface area contributed by atoms with Gasteiger partial charge in [0.15, 0.2) is 0 Å². The van der Waals surface area contributed by atoms with E-state index >= 15 is 0 Å². The lowest BCUT2D eigenvalue weighted by atomic mass is 9.96. The number of carbonyl (C=O) groups is 3. The van der Waals surface area contributed by atoms with E-state index in [9.17, 15) is 24.6 Å². The van der Waals surface area contributed by atoms with Crippen LogP contribution < -0.4 is 16.0 Å². The Labute approximate surface area is 209 Å². The second-order valence-corrected chi connectivity index (χ2v) is 8.09. The predicted octanol–water partition coefficient (Wildman–Crippen LogP) is 4.23. The fraction of sp³-hybridized carbons (Fsp3) is 0.269. The normalized spacial score (nSPS) is 11.2. The molecule has 36 heavy (non-hydrogen) atoms. The van der Waals surface area contributed by atoms with E-state index in [0.29, 0.717) is 42.4 Å². The molecule has 0 radical (unpaired) electrons. The molecule has 0 unspecified atom stereocenters. The van der Waals surface area contributed by atoms with E-state index in [4.69, 9.17) is 10.2 Å². The molecule has 2 rings (SSSR count). The van der Waals surface area contributed by atoms with Crippen molar-refractivity contribution in [2.45, 2.75) is 38.1 Å². The molecule has 7 N–H and O–H groups in total. The van der Waals surface area contributed by atoms with E-state index < -0.39 is 24.1 Å². The molecule has 0 fully saturated rings. The third-order valence-corrected chi connectivity index (χ3v) is 5.37. The number of hydrogen-bond donors (Lipinski definition) is 7. The Balaban J connectivity index is 2.33. The van der Waals surface area contributed by atoms with Crippen LogP contribution in [0.5, 0.6) is 11.5 Å². The molecule has 3 amide bonds. The molecule has 10 heteroatoms. The maximum atomic E-state index is 13.0. The van der Waals surface area contributed by atoms with Crippen molar-refractivity contribution in [3.63, 3.8) is 0 Å². The molecular formula is C26H31N3O7. The maximum absolute atomic E-state index is 13.0. The smallest absolute Gasteiger partial charge is 0.405 e. The maximum Gasteiger partial charge on any atom is 0.405 e. The van der Waals surface area contributed by atoms with E-state index in [1.165, 1.54) is 6.07 Å². The van der Waals surface area contributed by atoms with Gasteiger partial charge in [0, 0.05) is 12.1 Å². The largest absolute Gasteiger partial charge is 0.508 e. The van der Waals surface area contributed by atoms with Gasteiger partial charge in [0.05, 0.1) is 5.69 Å². The number of amides is 3. The molecule has 0 spiro atoms. The zero-order chi connectivity index (χ0) is 26.7. The van der Waals surface area contributed by atoms with Crippen LogP contribution in [0.4, 0.5) is 15.3 Å². The third-order valence-electron chi connectivity index (χ3n) is 5.37. The number of aromatic hydroxyl groups is 2. The standard InChI is InChI=1S/C26H31N3O7/c1-3-7-16-13-19(17-10-11-22(30)18(15-17)8-4-2)23(31)21(14-16)28-24(32)20(29-26(35)36)9-5-6-12-27-25(33)34/h3-4,10-11,13-15,20,27,29-31H,1-2,5-9,12H2,(H,28,32)(H,33,34)(H,35,36)/t20-/m0/s1. The molecule has 0 aromatic heterocycles. The van der Waals surface area contributed by atoms with Crippen molar-refractivity contribution in [3.05, 3.63) is 66.8 Å². The highest BCUT2D eigenvalue weighted by atomic mass is 16.4. The molecule has 0 saturated carbocycles. The Morgan fingerprint density at radius 3 is 2.31 bits per heavy atom. The van der Waals surface area contributed by atoms with Gasteiger partial charge in [-0.15, -0.1) is 13.2 Å². The summed E-state index contributed by atoms with van der Waals surface area (Å²) < 4.78 is 0. The predicted molar refractivity (Wildman–Crippen MR) is 136 cm³/mol. The molecule has 0 aliphatic rings. The third kappa shape index (κ3) is 8.08. The van der Waals surface area contributed by atoms with E-state index in [-0.39, 0.29) is 30.2 Å². The van der Waals surface area contributed by atoms with Crippen molar-refractivity contribution < 1.29 is 34.8 Å². The summed E-state index contributed by atoms with van der Waals surface area (Å²) in [6, 6.07) is 7.08. The molecule has 2 aromatic rings. The van der Waals surface area contributed by atoms with Crippen LogP contribution >= 0.6 is 0 Å². The van der Waals surface area contributed by atoms with Gasteiger partial charge in [-0.1, -0.05) is 18.2 Å². The highest BCUT2D eigenvalue weighted by molar-refractivity contribution is 5.99. The van der Waals surface area contributed by atoms with E-state index in [1.807, 2.05) is 0 Å². The molecule has 0 aliphatic heterocycles. The summed E-state index contributed by atoms with van der Waals surface area (Å²) in [6.45, 7) is 7.58. The SMILES string of the molecule is C=CCc1cc(NC(=O)[C@H](CCCCNC(=O)O)NC(=O)O)c(O)c(-c2ccc(O)c(CC=C)c2)c1. The summed E-state index contributed by atoms with van der Waals surface area (Å²) in [6.07, 6.45) is 2.55. The Hall–Kier alpha value is -4.47. The second kappa shape index (κ2) is 13.4. The second-order valence-electron chi connectivity index (χ2n) is 8.09. The number of allylic oxidation sites excluding steroid dienone is 2. The van der Waals surface area contributed by atoms with Gasteiger partial charge in [-0.2, -0.15) is 0 Å². The number of nitrogens with one attached hydrogen (secondary N) is 3. The van der Waals surface area contributed by atoms with Gasteiger partial charge in [0.1, 0.15) is 17.5 Å². The molecule has 10 nitrogen and oxygen atoms in total. The minimum atomic E-state index is -1.39. The monoisotopic (exact) mass is 497 g/mol. The van der Waals surface area contributed by atoms with Crippen LogP contribution in [-0.2, 0) is 17.6 Å². The van der Waals surface area contributed by atoms with Crippen LogP contribution in [0.25, 0.3) is 11.1 Å². The highest BCUT2D eigenvalue weighted by Gasteiger charge is 2.23. The summed E-state index contributed by atoms with van der Waals surface area (Å²) in [5.41, 5.74) is 2.48. The van der Waals surface area contributed by atoms with Gasteiger partial charge >= 0.3 is 12.2 Å². The van der Waals surface area contributed by atoms with Crippen molar-refractivity contribution in [1.29, 1.82) is 0 Å². The van der Waals surface area contributed by atoms with Crippen molar-refractivity contribution in [2.24, 2.45) is 0 Å². The Morgan fingerprint density at radius 1 is 0.944 bits per heavy atom. The number of phenolic OH excluding ortho intramolecular Hbond substituents is 2. The zero-order valence-corrected chi connectivity index (χ0v) is 19.8. The first kappa shape index (κ1) is 27.8. The number of carboxylic acid groups (broad SMARTS) is 2. The van der Waals surface area contributed by atoms with Crippen LogP contribution in [0.15, 0.2) is 55.6 Å². The van der Waals surface area contributed by atoms with Crippen LogP contribution in [0, 0.1) is 0 Å². The van der Waals surface area contributed by atoms with Crippen LogP contribution in [-0.4, -0.2) is 51.1 Å². The number of rotatable bonds is 13. The summed E-state index contributed by atoms with van der Waals surface area (Å²) in [5, 5.41) is 45.9. The van der Waals surface area contributed by atoms with E-state index in [0.717, 1.165) is 5.56 Å². The molecule has 1 atom stereocenters. The highest BCUT2D eigenvalue weighted by Crippen LogP contribution is 2.39. The van der Waals surface area contributed by atoms with Gasteiger partial charge in [-0.3, -0.25) is 4.79 Å². The lowest BCUT2D eigenvalue weighted by Gasteiger charge is -2.19. The van der Waals surface area contributed by atoms with Crippen molar-refractivity contribution in [1.82, 2.24) is 10.6 Å². The summed E-state index contributed by atoms with van der Waals surface area (Å²) in [5.74, 6) is -0.792. The molecule has 0 heterocycles. The summed E-state index contributed by atoms with van der Waals surface area (Å²) >= 11 is 0. The number of unbranched alkanes of at least 4 members (excludes halogenated alkanes) is 1. The number of carbonyl (C=O) groups excluding carboxylic acids is 1. The van der Waals surface area contributed by atoms with Crippen molar-refractivity contribution in [2.75, 3.05) is 11.9 Å². The number of anilines is 1. The van der Waals surface area contributed by atoms with Gasteiger partial charge < -0.3 is 36.4 Å². The molecule has 2 aromatic carbocycles. The zero-order valence-electron chi connectivity index (χ0n) is 19.8. The minimum absolute atomic E-state index is 0.0926. The van der Waals surface area contributed by atoms with Gasteiger partial charge in [-0.05, 0) is 73.1 Å². The molecule has 0 saturated heterocycles. The topological polar surface area (TPSA) is 168 Å². The van der Waals surface area contributed by atoms with Crippen LogP contribution in [0.2, 0.25) is 0 Å². The Kier molecular flexibility index (Phi) is 10.4. The fourth-order valence-corrected chi connectivity index (χ4v) is 3.67. The Morgan fingerprint density at radius 2 is 1.67 bits per heavy atom. The quantitative estimate of drug-likeness (QED) is 0.123. The first-order valence-corrected chi connectivity index (χ1v) is 11.3.